The molecule has 3 heteroatoms. The molecule has 2 rings (SSSR count). The van der Waals surface area contributed by atoms with Crippen molar-refractivity contribution in [1.82, 2.24) is 0 Å². The molecule has 0 aromatic heterocycles. The fourth-order valence-corrected chi connectivity index (χ4v) is 1.84. The molecule has 0 unspecified atom stereocenters. The second kappa shape index (κ2) is 5.36. The summed E-state index contributed by atoms with van der Waals surface area (Å²) < 4.78 is 5.11. The Morgan fingerprint density at radius 1 is 1.11 bits per heavy atom. The fraction of sp³-hybridized carbons (Fsp3) is 0.133. The lowest BCUT2D eigenvalue weighted by Gasteiger charge is -2.09. The quantitative estimate of drug-likeness (QED) is 0.661. The average Bonchev–Trinajstić information content (AvgIpc) is 2.40. The third-order valence-electron chi connectivity index (χ3n) is 2.79. The van der Waals surface area contributed by atoms with E-state index in [1.807, 2.05) is 30.3 Å². The number of methoxy groups -OCH3 is 1. The smallest absolute Gasteiger partial charge is 0.169 e. The van der Waals surface area contributed by atoms with E-state index in [1.165, 1.54) is 7.11 Å². The first kappa shape index (κ1) is 12.2. The van der Waals surface area contributed by atoms with E-state index in [2.05, 4.69) is 0 Å². The van der Waals surface area contributed by atoms with Crippen molar-refractivity contribution < 1.29 is 9.53 Å². The van der Waals surface area contributed by atoms with E-state index >= 15 is 0 Å². The Kier molecular flexibility index (Phi) is 3.63. The monoisotopic (exact) mass is 241 g/mol. The molecule has 0 spiro atoms. The number of nitrogen functional groups attached to an aromatic ring is 1. The van der Waals surface area contributed by atoms with Crippen LogP contribution in [0.15, 0.2) is 48.5 Å². The molecule has 3 nitrogen and oxygen atoms in total. The molecule has 2 N–H and O–H groups in total. The maximum absolute atomic E-state index is 12.2. The maximum atomic E-state index is 12.2. The summed E-state index contributed by atoms with van der Waals surface area (Å²) in [5, 5.41) is 0. The molecule has 0 heterocycles. The van der Waals surface area contributed by atoms with Crippen LogP contribution in [-0.4, -0.2) is 12.9 Å². The zero-order chi connectivity index (χ0) is 13.0. The Morgan fingerprint density at radius 3 is 2.50 bits per heavy atom. The van der Waals surface area contributed by atoms with Gasteiger partial charge < -0.3 is 10.5 Å². The lowest BCUT2D eigenvalue weighted by molar-refractivity contribution is 0.0993. The zero-order valence-electron chi connectivity index (χ0n) is 10.2. The molecule has 0 aliphatic heterocycles. The third kappa shape index (κ3) is 2.51. The number of anilines is 1. The van der Waals surface area contributed by atoms with Gasteiger partial charge in [-0.3, -0.25) is 4.79 Å². The summed E-state index contributed by atoms with van der Waals surface area (Å²) in [5.74, 6) is 0.534. The van der Waals surface area contributed by atoms with Crippen LogP contribution in [0.5, 0.6) is 5.75 Å². The number of hydrogen-bond donors (Lipinski definition) is 1. The third-order valence-corrected chi connectivity index (χ3v) is 2.79. The first-order chi connectivity index (χ1) is 8.72. The van der Waals surface area contributed by atoms with Gasteiger partial charge in [-0.05, 0) is 17.7 Å². The van der Waals surface area contributed by atoms with Gasteiger partial charge in [-0.15, -0.1) is 0 Å². The van der Waals surface area contributed by atoms with Crippen LogP contribution in [0.25, 0.3) is 0 Å². The van der Waals surface area contributed by atoms with Gasteiger partial charge in [0.05, 0.1) is 12.8 Å². The first-order valence-corrected chi connectivity index (χ1v) is 5.72. The molecule has 0 fully saturated rings. The normalized spacial score (nSPS) is 10.1. The summed E-state index contributed by atoms with van der Waals surface area (Å²) in [4.78, 5) is 12.2. The fourth-order valence-electron chi connectivity index (χ4n) is 1.84. The van der Waals surface area contributed by atoms with Crippen LogP contribution < -0.4 is 10.5 Å². The van der Waals surface area contributed by atoms with E-state index in [-0.39, 0.29) is 5.78 Å². The minimum Gasteiger partial charge on any atom is -0.495 e. The van der Waals surface area contributed by atoms with E-state index in [1.54, 1.807) is 18.2 Å². The molecule has 0 bridgehead atoms. The van der Waals surface area contributed by atoms with Crippen LogP contribution in [0.1, 0.15) is 15.9 Å². The Bertz CT molecular complexity index is 550. The highest BCUT2D eigenvalue weighted by Gasteiger charge is 2.13. The molecule has 0 radical (unpaired) electrons. The molecule has 0 amide bonds. The van der Waals surface area contributed by atoms with Gasteiger partial charge in [-0.1, -0.05) is 36.4 Å². The number of ketones is 1. The van der Waals surface area contributed by atoms with Gasteiger partial charge in [0.1, 0.15) is 5.75 Å². The van der Waals surface area contributed by atoms with Crippen molar-refractivity contribution in [3.63, 3.8) is 0 Å². The average molecular weight is 241 g/mol. The van der Waals surface area contributed by atoms with Gasteiger partial charge >= 0.3 is 0 Å². The Labute approximate surface area is 106 Å². The topological polar surface area (TPSA) is 52.3 Å². The molecule has 0 saturated heterocycles. The van der Waals surface area contributed by atoms with Crippen molar-refractivity contribution in [2.75, 3.05) is 12.8 Å². The van der Waals surface area contributed by atoms with Crippen molar-refractivity contribution in [1.29, 1.82) is 0 Å². The summed E-state index contributed by atoms with van der Waals surface area (Å²) in [6.07, 6.45) is 0.345. The number of ether oxygens (including phenoxy) is 1. The van der Waals surface area contributed by atoms with E-state index in [0.29, 0.717) is 23.4 Å². The van der Waals surface area contributed by atoms with Gasteiger partial charge in [-0.2, -0.15) is 0 Å². The van der Waals surface area contributed by atoms with Crippen molar-refractivity contribution in [3.05, 3.63) is 59.7 Å². The summed E-state index contributed by atoms with van der Waals surface area (Å²) in [7, 11) is 1.54. The molecular weight excluding hydrogens is 226 g/mol. The maximum Gasteiger partial charge on any atom is 0.169 e. The predicted octanol–water partition coefficient (Wildman–Crippen LogP) is 2.70. The largest absolute Gasteiger partial charge is 0.495 e. The minimum absolute atomic E-state index is 0.00222. The number of Topliss-reactive ketones (excluding diaryl/α,β-unsaturated/α-hetero) is 1. The second-order valence-corrected chi connectivity index (χ2v) is 4.01. The molecular formula is C15H15NO2. The first-order valence-electron chi connectivity index (χ1n) is 5.72. The second-order valence-electron chi connectivity index (χ2n) is 4.01. The lowest BCUT2D eigenvalue weighted by atomic mass is 10.0. The van der Waals surface area contributed by atoms with E-state index in [9.17, 15) is 4.79 Å². The van der Waals surface area contributed by atoms with Gasteiger partial charge in [0.15, 0.2) is 5.78 Å². The zero-order valence-corrected chi connectivity index (χ0v) is 10.2. The molecule has 0 aliphatic carbocycles. The van der Waals surface area contributed by atoms with Crippen LogP contribution in [0, 0.1) is 0 Å². The van der Waals surface area contributed by atoms with Crippen LogP contribution in [-0.2, 0) is 6.42 Å². The van der Waals surface area contributed by atoms with Gasteiger partial charge in [0.2, 0.25) is 0 Å². The van der Waals surface area contributed by atoms with E-state index in [0.717, 1.165) is 5.56 Å². The Balaban J connectivity index is 2.24. The van der Waals surface area contributed by atoms with Crippen LogP contribution >= 0.6 is 0 Å². The van der Waals surface area contributed by atoms with Crippen molar-refractivity contribution >= 4 is 11.5 Å². The summed E-state index contributed by atoms with van der Waals surface area (Å²) in [6, 6.07) is 14.8. The number of carbonyl (C=O) groups is 1. The molecule has 0 atom stereocenters. The minimum atomic E-state index is -0.00222. The molecule has 2 aromatic carbocycles. The van der Waals surface area contributed by atoms with Gasteiger partial charge in [0, 0.05) is 12.0 Å². The Morgan fingerprint density at radius 2 is 1.83 bits per heavy atom. The Hall–Kier alpha value is -2.29. The molecule has 92 valence electrons. The highest BCUT2D eigenvalue weighted by Crippen LogP contribution is 2.25. The number of nitrogens with two attached hydrogens (primary N) is 1. The van der Waals surface area contributed by atoms with Gasteiger partial charge in [0.25, 0.3) is 0 Å². The highest BCUT2D eigenvalue weighted by molar-refractivity contribution is 6.03. The number of benzene rings is 2. The summed E-state index contributed by atoms with van der Waals surface area (Å²) in [5.41, 5.74) is 7.80. The van der Waals surface area contributed by atoms with E-state index in [4.69, 9.17) is 10.5 Å². The molecule has 18 heavy (non-hydrogen) atoms. The number of rotatable bonds is 4. The number of para-hydroxylation sites is 1. The van der Waals surface area contributed by atoms with Crippen LogP contribution in [0.4, 0.5) is 5.69 Å². The van der Waals surface area contributed by atoms with Crippen molar-refractivity contribution in [2.45, 2.75) is 6.42 Å². The lowest BCUT2D eigenvalue weighted by Crippen LogP contribution is -2.08. The molecule has 2 aromatic rings. The molecule has 0 aliphatic rings. The number of carbonyl (C=O) groups excluding carboxylic acids is 1. The van der Waals surface area contributed by atoms with Gasteiger partial charge in [-0.25, -0.2) is 0 Å². The molecule has 0 saturated carbocycles. The van der Waals surface area contributed by atoms with Crippen molar-refractivity contribution in [2.24, 2.45) is 0 Å². The van der Waals surface area contributed by atoms with Crippen LogP contribution in [0.3, 0.4) is 0 Å². The van der Waals surface area contributed by atoms with Crippen molar-refractivity contribution in [3.8, 4) is 5.75 Å². The highest BCUT2D eigenvalue weighted by atomic mass is 16.5. The SMILES string of the molecule is COc1cccc(C(=O)Cc2ccccc2)c1N. The predicted molar refractivity (Wildman–Crippen MR) is 71.9 cm³/mol. The summed E-state index contributed by atoms with van der Waals surface area (Å²) >= 11 is 0. The summed E-state index contributed by atoms with van der Waals surface area (Å²) in [6.45, 7) is 0. The van der Waals surface area contributed by atoms with E-state index < -0.39 is 0 Å². The van der Waals surface area contributed by atoms with Crippen LogP contribution in [0.2, 0.25) is 0 Å². The standard InChI is InChI=1S/C15H15NO2/c1-18-14-9-5-8-12(15(14)16)13(17)10-11-6-3-2-4-7-11/h2-9H,10,16H2,1H3. The number of hydrogen-bond acceptors (Lipinski definition) is 3.